The summed E-state index contributed by atoms with van der Waals surface area (Å²) in [5.74, 6) is 1.37. The number of aromatic nitrogens is 3. The highest BCUT2D eigenvalue weighted by Gasteiger charge is 2.12. The van der Waals surface area contributed by atoms with E-state index in [1.54, 1.807) is 0 Å². The molecule has 0 unspecified atom stereocenters. The van der Waals surface area contributed by atoms with Crippen LogP contribution in [0.2, 0.25) is 0 Å². The molecule has 154 valence electrons. The highest BCUT2D eigenvalue weighted by atomic mass is 32.1. The van der Waals surface area contributed by atoms with Crippen molar-refractivity contribution in [3.63, 3.8) is 0 Å². The summed E-state index contributed by atoms with van der Waals surface area (Å²) in [6.45, 7) is 2.85. The van der Waals surface area contributed by atoms with Gasteiger partial charge in [-0.15, -0.1) is 5.10 Å². The minimum Gasteiger partial charge on any atom is -0.494 e. The maximum absolute atomic E-state index is 12.8. The molecule has 0 aliphatic heterocycles. The van der Waals surface area contributed by atoms with E-state index >= 15 is 0 Å². The van der Waals surface area contributed by atoms with Gasteiger partial charge in [0.05, 0.1) is 11.1 Å². The third-order valence-electron chi connectivity index (χ3n) is 4.77. The SMILES string of the molecule is CCCCOc1ccc(-c2nc3s/c(=C\c4ccc(N(C)C)cc4)c(=O)n3n2)cc1. The summed E-state index contributed by atoms with van der Waals surface area (Å²) in [6, 6.07) is 15.7. The van der Waals surface area contributed by atoms with Crippen LogP contribution in [0.15, 0.2) is 53.3 Å². The van der Waals surface area contributed by atoms with Gasteiger partial charge in [0.15, 0.2) is 5.82 Å². The van der Waals surface area contributed by atoms with Crippen LogP contribution in [0.3, 0.4) is 0 Å². The Bertz CT molecular complexity index is 1240. The van der Waals surface area contributed by atoms with Crippen LogP contribution in [-0.4, -0.2) is 35.3 Å². The molecule has 0 fully saturated rings. The second-order valence-corrected chi connectivity index (χ2v) is 8.27. The Kier molecular flexibility index (Phi) is 5.81. The van der Waals surface area contributed by atoms with Gasteiger partial charge in [-0.05, 0) is 54.5 Å². The Morgan fingerprint density at radius 3 is 2.47 bits per heavy atom. The summed E-state index contributed by atoms with van der Waals surface area (Å²) in [5.41, 5.74) is 2.80. The average molecular weight is 421 g/mol. The standard InChI is InChI=1S/C23H24N4O2S/c1-4-5-14-29-19-12-8-17(9-13-19)21-24-23-27(25-21)22(28)20(30-23)15-16-6-10-18(11-7-16)26(2)3/h6-13,15H,4-5,14H2,1-3H3/b20-15-. The minimum absolute atomic E-state index is 0.148. The number of nitrogens with zero attached hydrogens (tertiary/aromatic N) is 4. The fraction of sp³-hybridized carbons (Fsp3) is 0.261. The number of fused-ring (bicyclic) bond motifs is 1. The number of benzene rings is 2. The third kappa shape index (κ3) is 4.21. The molecule has 0 spiro atoms. The molecule has 0 aliphatic carbocycles. The van der Waals surface area contributed by atoms with E-state index in [4.69, 9.17) is 4.74 Å². The quantitative estimate of drug-likeness (QED) is 0.428. The maximum Gasteiger partial charge on any atom is 0.291 e. The van der Waals surface area contributed by atoms with Gasteiger partial charge in [-0.2, -0.15) is 9.50 Å². The van der Waals surface area contributed by atoms with Gasteiger partial charge < -0.3 is 9.64 Å². The lowest BCUT2D eigenvalue weighted by molar-refractivity contribution is 0.309. The zero-order chi connectivity index (χ0) is 21.1. The summed E-state index contributed by atoms with van der Waals surface area (Å²) in [5, 5.41) is 4.42. The van der Waals surface area contributed by atoms with E-state index in [1.165, 1.54) is 15.9 Å². The monoisotopic (exact) mass is 420 g/mol. The Morgan fingerprint density at radius 2 is 1.83 bits per heavy atom. The Balaban J connectivity index is 1.58. The van der Waals surface area contributed by atoms with Crippen molar-refractivity contribution < 1.29 is 4.74 Å². The summed E-state index contributed by atoms with van der Waals surface area (Å²) in [7, 11) is 4.00. The molecule has 2 aromatic heterocycles. The second kappa shape index (κ2) is 8.67. The van der Waals surface area contributed by atoms with Gasteiger partial charge in [-0.25, -0.2) is 0 Å². The third-order valence-corrected chi connectivity index (χ3v) is 5.73. The van der Waals surface area contributed by atoms with E-state index < -0.39 is 0 Å². The minimum atomic E-state index is -0.148. The fourth-order valence-electron chi connectivity index (χ4n) is 3.01. The molecular weight excluding hydrogens is 396 g/mol. The molecule has 0 N–H and O–H groups in total. The molecular formula is C23H24N4O2S. The zero-order valence-corrected chi connectivity index (χ0v) is 18.1. The maximum atomic E-state index is 12.8. The molecule has 0 saturated heterocycles. The highest BCUT2D eigenvalue weighted by molar-refractivity contribution is 7.15. The van der Waals surface area contributed by atoms with E-state index in [-0.39, 0.29) is 5.56 Å². The van der Waals surface area contributed by atoms with Gasteiger partial charge in [0.25, 0.3) is 5.56 Å². The molecule has 0 atom stereocenters. The van der Waals surface area contributed by atoms with Crippen LogP contribution in [0.1, 0.15) is 25.3 Å². The number of thiazole rings is 1. The van der Waals surface area contributed by atoms with Crippen LogP contribution in [-0.2, 0) is 0 Å². The molecule has 2 heterocycles. The van der Waals surface area contributed by atoms with Gasteiger partial charge in [-0.1, -0.05) is 36.8 Å². The van der Waals surface area contributed by atoms with Crippen molar-refractivity contribution in [3.8, 4) is 17.1 Å². The summed E-state index contributed by atoms with van der Waals surface area (Å²) >= 11 is 1.35. The summed E-state index contributed by atoms with van der Waals surface area (Å²) < 4.78 is 7.69. The lowest BCUT2D eigenvalue weighted by atomic mass is 10.2. The normalized spacial score (nSPS) is 11.9. The molecule has 30 heavy (non-hydrogen) atoms. The van der Waals surface area contributed by atoms with Crippen LogP contribution >= 0.6 is 11.3 Å². The molecule has 0 aliphatic rings. The highest BCUT2D eigenvalue weighted by Crippen LogP contribution is 2.21. The first-order valence-corrected chi connectivity index (χ1v) is 10.8. The van der Waals surface area contributed by atoms with Crippen molar-refractivity contribution in [2.24, 2.45) is 0 Å². The number of hydrogen-bond acceptors (Lipinski definition) is 6. The van der Waals surface area contributed by atoms with Crippen molar-refractivity contribution in [1.82, 2.24) is 14.6 Å². The molecule has 7 heteroatoms. The van der Waals surface area contributed by atoms with E-state index in [1.807, 2.05) is 73.6 Å². The van der Waals surface area contributed by atoms with Gasteiger partial charge in [-0.3, -0.25) is 4.79 Å². The number of anilines is 1. The fourth-order valence-corrected chi connectivity index (χ4v) is 3.92. The predicted molar refractivity (Wildman–Crippen MR) is 123 cm³/mol. The van der Waals surface area contributed by atoms with Crippen molar-refractivity contribution >= 4 is 28.1 Å². The first-order valence-electron chi connectivity index (χ1n) is 9.97. The van der Waals surface area contributed by atoms with Crippen LogP contribution < -0.4 is 19.7 Å². The van der Waals surface area contributed by atoms with Crippen molar-refractivity contribution in [2.75, 3.05) is 25.6 Å². The lowest BCUT2D eigenvalue weighted by Crippen LogP contribution is -2.23. The molecule has 6 nitrogen and oxygen atoms in total. The first kappa shape index (κ1) is 20.1. The van der Waals surface area contributed by atoms with E-state index in [0.29, 0.717) is 21.9 Å². The molecule has 2 aromatic carbocycles. The topological polar surface area (TPSA) is 59.7 Å². The smallest absolute Gasteiger partial charge is 0.291 e. The molecule has 4 aromatic rings. The summed E-state index contributed by atoms with van der Waals surface area (Å²) in [6.07, 6.45) is 4.02. The average Bonchev–Trinajstić information content (AvgIpc) is 3.29. The number of rotatable bonds is 7. The van der Waals surface area contributed by atoms with Crippen LogP contribution in [0.4, 0.5) is 5.69 Å². The van der Waals surface area contributed by atoms with Gasteiger partial charge >= 0.3 is 0 Å². The lowest BCUT2D eigenvalue weighted by Gasteiger charge is -2.11. The van der Waals surface area contributed by atoms with E-state index in [2.05, 4.69) is 17.0 Å². The number of ether oxygens (including phenoxy) is 1. The Morgan fingerprint density at radius 1 is 1.10 bits per heavy atom. The molecule has 0 amide bonds. The van der Waals surface area contributed by atoms with Gasteiger partial charge in [0.2, 0.25) is 4.96 Å². The number of hydrogen-bond donors (Lipinski definition) is 0. The van der Waals surface area contributed by atoms with Gasteiger partial charge in [0.1, 0.15) is 5.75 Å². The van der Waals surface area contributed by atoms with E-state index in [0.717, 1.165) is 35.4 Å². The summed E-state index contributed by atoms with van der Waals surface area (Å²) in [4.78, 5) is 19.9. The Labute approximate surface area is 179 Å². The predicted octanol–water partition coefficient (Wildman–Crippen LogP) is 3.61. The van der Waals surface area contributed by atoms with Crippen molar-refractivity contribution in [3.05, 3.63) is 69.0 Å². The largest absolute Gasteiger partial charge is 0.494 e. The number of unbranched alkanes of at least 4 members (excludes halogenated alkanes) is 1. The van der Waals surface area contributed by atoms with Crippen LogP contribution in [0.25, 0.3) is 22.4 Å². The Hall–Kier alpha value is -3.19. The van der Waals surface area contributed by atoms with Crippen molar-refractivity contribution in [2.45, 2.75) is 19.8 Å². The zero-order valence-electron chi connectivity index (χ0n) is 17.3. The molecule has 0 bridgehead atoms. The second-order valence-electron chi connectivity index (χ2n) is 7.26. The molecule has 4 rings (SSSR count). The van der Waals surface area contributed by atoms with Crippen LogP contribution in [0.5, 0.6) is 5.75 Å². The van der Waals surface area contributed by atoms with Gasteiger partial charge in [0, 0.05) is 25.3 Å². The first-order chi connectivity index (χ1) is 14.5. The molecule has 0 radical (unpaired) electrons. The van der Waals surface area contributed by atoms with Crippen molar-refractivity contribution in [1.29, 1.82) is 0 Å². The molecule has 0 saturated carbocycles. The van der Waals surface area contributed by atoms with E-state index in [9.17, 15) is 4.79 Å². The van der Waals surface area contributed by atoms with Crippen LogP contribution in [0, 0.1) is 0 Å².